The van der Waals surface area contributed by atoms with E-state index in [1.807, 2.05) is 0 Å². The van der Waals surface area contributed by atoms with Crippen LogP contribution in [0.5, 0.6) is 0 Å². The second-order valence-corrected chi connectivity index (χ2v) is 20.5. The summed E-state index contributed by atoms with van der Waals surface area (Å²) in [6.45, 7) is 2.15. The average molecular weight is 850 g/mol. The fraction of sp³-hybridized carbons (Fsp3) is 0.0164. The van der Waals surface area contributed by atoms with Crippen LogP contribution in [0.4, 0.5) is 34.1 Å². The Hall–Kier alpha value is -8.18. The SMILES string of the molecule is Cc1ccc(N(c2ccc(N(c3ccccc3)c3ccccc3)cc2)c2ccc3c(c2)c2cc([Si](c4ccccc4)(c4ccccc4)c4ccccc4)ccc2n3-c2ccccc2)cc1. The van der Waals surface area contributed by atoms with Crippen LogP contribution in [0.3, 0.4) is 0 Å². The third kappa shape index (κ3) is 7.20. The second kappa shape index (κ2) is 17.2. The molecule has 65 heavy (non-hydrogen) atoms. The highest BCUT2D eigenvalue weighted by atomic mass is 28.3. The smallest absolute Gasteiger partial charge is 0.179 e. The lowest BCUT2D eigenvalue weighted by molar-refractivity contribution is 1.18. The van der Waals surface area contributed by atoms with E-state index in [0.29, 0.717) is 0 Å². The van der Waals surface area contributed by atoms with Crippen molar-refractivity contribution in [2.75, 3.05) is 9.80 Å². The van der Waals surface area contributed by atoms with Gasteiger partial charge in [-0.05, 0) is 125 Å². The van der Waals surface area contributed by atoms with Crippen molar-refractivity contribution in [2.45, 2.75) is 6.92 Å². The van der Waals surface area contributed by atoms with Gasteiger partial charge in [-0.15, -0.1) is 0 Å². The van der Waals surface area contributed by atoms with Crippen LogP contribution >= 0.6 is 0 Å². The van der Waals surface area contributed by atoms with Gasteiger partial charge in [-0.25, -0.2) is 0 Å². The van der Waals surface area contributed by atoms with Gasteiger partial charge in [0.1, 0.15) is 0 Å². The summed E-state index contributed by atoms with van der Waals surface area (Å²) in [5, 5.41) is 7.85. The van der Waals surface area contributed by atoms with E-state index in [1.165, 1.54) is 48.1 Å². The number of benzene rings is 10. The molecule has 0 aliphatic heterocycles. The lowest BCUT2D eigenvalue weighted by Crippen LogP contribution is -2.74. The van der Waals surface area contributed by atoms with Crippen molar-refractivity contribution in [2.24, 2.45) is 0 Å². The number of fused-ring (bicyclic) bond motifs is 3. The first-order chi connectivity index (χ1) is 32.2. The Bertz CT molecular complexity index is 3200. The monoisotopic (exact) mass is 849 g/mol. The van der Waals surface area contributed by atoms with Crippen molar-refractivity contribution in [1.82, 2.24) is 4.57 Å². The molecule has 310 valence electrons. The zero-order valence-electron chi connectivity index (χ0n) is 36.2. The number of para-hydroxylation sites is 3. The maximum atomic E-state index is 2.52. The van der Waals surface area contributed by atoms with Gasteiger partial charge in [-0.3, -0.25) is 0 Å². The summed E-state index contributed by atoms with van der Waals surface area (Å²) in [5.74, 6) is 0. The number of hydrogen-bond donors (Lipinski definition) is 0. The molecule has 3 nitrogen and oxygen atoms in total. The van der Waals surface area contributed by atoms with Crippen LogP contribution in [0.15, 0.2) is 267 Å². The summed E-state index contributed by atoms with van der Waals surface area (Å²) in [6, 6.07) is 97.8. The van der Waals surface area contributed by atoms with Crippen LogP contribution in [-0.4, -0.2) is 12.6 Å². The molecule has 10 aromatic carbocycles. The van der Waals surface area contributed by atoms with Crippen molar-refractivity contribution < 1.29 is 0 Å². The van der Waals surface area contributed by atoms with Crippen molar-refractivity contribution in [1.29, 1.82) is 0 Å². The lowest BCUT2D eigenvalue weighted by Gasteiger charge is -2.34. The Morgan fingerprint density at radius 3 is 1.09 bits per heavy atom. The van der Waals surface area contributed by atoms with E-state index >= 15 is 0 Å². The summed E-state index contributed by atoms with van der Waals surface area (Å²) >= 11 is 0. The van der Waals surface area contributed by atoms with Gasteiger partial charge < -0.3 is 14.4 Å². The van der Waals surface area contributed by atoms with E-state index in [9.17, 15) is 0 Å². The standard InChI is InChI=1S/C61H47N3Si/c1-46-32-34-50(35-33-46)63(52-38-36-51(37-39-52)62(47-20-8-2-9-21-47)48-22-10-3-11-23-48)53-40-42-60-58(44-53)59-45-57(41-43-61(59)64(60)49-24-12-4-13-25-49)65(54-26-14-5-15-27-54,55-28-16-6-17-29-55)56-30-18-7-19-31-56/h2-45H,1H3. The molecule has 0 bridgehead atoms. The fourth-order valence-electron chi connectivity index (χ4n) is 9.80. The van der Waals surface area contributed by atoms with Gasteiger partial charge in [-0.2, -0.15) is 0 Å². The Kier molecular flexibility index (Phi) is 10.5. The van der Waals surface area contributed by atoms with Gasteiger partial charge in [0.15, 0.2) is 8.07 Å². The molecule has 0 radical (unpaired) electrons. The van der Waals surface area contributed by atoms with E-state index < -0.39 is 8.07 Å². The highest BCUT2D eigenvalue weighted by Gasteiger charge is 2.41. The van der Waals surface area contributed by atoms with Crippen LogP contribution in [0, 0.1) is 6.92 Å². The van der Waals surface area contributed by atoms with Crippen molar-refractivity contribution in [3.05, 3.63) is 272 Å². The number of nitrogens with zero attached hydrogens (tertiary/aromatic N) is 3. The molecule has 0 aliphatic carbocycles. The molecule has 0 spiro atoms. The van der Waals surface area contributed by atoms with E-state index in [0.717, 1.165) is 39.8 Å². The zero-order valence-corrected chi connectivity index (χ0v) is 37.2. The van der Waals surface area contributed by atoms with Gasteiger partial charge >= 0.3 is 0 Å². The van der Waals surface area contributed by atoms with Crippen molar-refractivity contribution in [3.63, 3.8) is 0 Å². The fourth-order valence-corrected chi connectivity index (χ4v) is 14.6. The number of aryl methyl sites for hydroxylation is 1. The molecule has 0 unspecified atom stereocenters. The lowest BCUT2D eigenvalue weighted by atomic mass is 10.1. The molecular weight excluding hydrogens is 803 g/mol. The predicted molar refractivity (Wildman–Crippen MR) is 278 cm³/mol. The van der Waals surface area contributed by atoms with Gasteiger partial charge in [-0.1, -0.05) is 175 Å². The van der Waals surface area contributed by atoms with Crippen LogP contribution in [0.25, 0.3) is 27.5 Å². The Labute approximate surface area is 382 Å². The minimum absolute atomic E-state index is 1.08. The largest absolute Gasteiger partial charge is 0.311 e. The molecule has 0 amide bonds. The van der Waals surface area contributed by atoms with Gasteiger partial charge in [0, 0.05) is 50.6 Å². The van der Waals surface area contributed by atoms with E-state index in [1.54, 1.807) is 0 Å². The maximum Gasteiger partial charge on any atom is 0.179 e. The molecule has 0 saturated heterocycles. The van der Waals surface area contributed by atoms with Crippen LogP contribution in [0.1, 0.15) is 5.56 Å². The number of hydrogen-bond acceptors (Lipinski definition) is 2. The van der Waals surface area contributed by atoms with E-state index in [2.05, 4.69) is 288 Å². The first-order valence-corrected chi connectivity index (χ1v) is 24.3. The molecule has 11 rings (SSSR count). The number of anilines is 6. The van der Waals surface area contributed by atoms with Crippen molar-refractivity contribution in [3.8, 4) is 5.69 Å². The highest BCUT2D eigenvalue weighted by Crippen LogP contribution is 2.42. The summed E-state index contributed by atoms with van der Waals surface area (Å²) in [7, 11) is -2.81. The van der Waals surface area contributed by atoms with E-state index in [4.69, 9.17) is 0 Å². The maximum absolute atomic E-state index is 2.81. The highest BCUT2D eigenvalue weighted by molar-refractivity contribution is 7.20. The van der Waals surface area contributed by atoms with Crippen LogP contribution < -0.4 is 30.5 Å². The first-order valence-electron chi connectivity index (χ1n) is 22.3. The topological polar surface area (TPSA) is 11.4 Å². The quantitative estimate of drug-likeness (QED) is 0.0949. The molecule has 0 N–H and O–H groups in total. The molecular formula is C61H47N3Si. The Morgan fingerprint density at radius 2 is 0.631 bits per heavy atom. The summed E-state index contributed by atoms with van der Waals surface area (Å²) < 4.78 is 2.43. The minimum Gasteiger partial charge on any atom is -0.311 e. The zero-order chi connectivity index (χ0) is 43.6. The molecule has 0 saturated carbocycles. The molecule has 1 aromatic heterocycles. The Morgan fingerprint density at radius 1 is 0.292 bits per heavy atom. The third-order valence-electron chi connectivity index (χ3n) is 12.8. The summed E-state index contributed by atoms with van der Waals surface area (Å²) in [4.78, 5) is 4.70. The summed E-state index contributed by atoms with van der Waals surface area (Å²) in [5.41, 5.74) is 11.3. The van der Waals surface area contributed by atoms with Crippen molar-refractivity contribution >= 4 is 84.8 Å². The Balaban J connectivity index is 1.13. The molecule has 1 heterocycles. The molecule has 0 aliphatic rings. The first kappa shape index (κ1) is 39.6. The summed E-state index contributed by atoms with van der Waals surface area (Å²) in [6.07, 6.45) is 0. The van der Waals surface area contributed by atoms with Crippen LogP contribution in [-0.2, 0) is 0 Å². The minimum atomic E-state index is -2.81. The predicted octanol–water partition coefficient (Wildman–Crippen LogP) is 13.4. The van der Waals surface area contributed by atoms with Gasteiger partial charge in [0.05, 0.1) is 11.0 Å². The molecule has 0 fully saturated rings. The number of aromatic nitrogens is 1. The average Bonchev–Trinajstić information content (AvgIpc) is 3.70. The molecule has 0 atom stereocenters. The second-order valence-electron chi connectivity index (χ2n) is 16.6. The van der Waals surface area contributed by atoms with Gasteiger partial charge in [0.25, 0.3) is 0 Å². The van der Waals surface area contributed by atoms with Gasteiger partial charge in [0.2, 0.25) is 0 Å². The normalized spacial score (nSPS) is 11.5. The third-order valence-corrected chi connectivity index (χ3v) is 17.5. The van der Waals surface area contributed by atoms with E-state index in [-0.39, 0.29) is 0 Å². The number of rotatable bonds is 11. The van der Waals surface area contributed by atoms with Crippen LogP contribution in [0.2, 0.25) is 0 Å². The molecule has 11 aromatic rings. The molecule has 4 heteroatoms.